The lowest BCUT2D eigenvalue weighted by Gasteiger charge is -2.17. The highest BCUT2D eigenvalue weighted by atomic mass is 32.2. The van der Waals surface area contributed by atoms with Gasteiger partial charge in [0, 0.05) is 24.8 Å². The van der Waals surface area contributed by atoms with E-state index in [9.17, 15) is 22.0 Å². The molecule has 7 nitrogen and oxygen atoms in total. The van der Waals surface area contributed by atoms with E-state index < -0.39 is 28.2 Å². The number of hydrogen-bond donors (Lipinski definition) is 2. The van der Waals surface area contributed by atoms with Crippen molar-refractivity contribution in [1.29, 1.82) is 0 Å². The van der Waals surface area contributed by atoms with E-state index >= 15 is 0 Å². The quantitative estimate of drug-likeness (QED) is 0.414. The number of sulfonamides is 1. The molecule has 1 aromatic heterocycles. The maximum absolute atomic E-state index is 12.8. The molecule has 0 fully saturated rings. The second kappa shape index (κ2) is 9.08. The molecule has 10 heteroatoms. The summed E-state index contributed by atoms with van der Waals surface area (Å²) in [7, 11) is -2.21. The number of amides is 1. The van der Waals surface area contributed by atoms with Gasteiger partial charge in [0.1, 0.15) is 0 Å². The molecule has 0 saturated heterocycles. The van der Waals surface area contributed by atoms with E-state index in [4.69, 9.17) is 0 Å². The van der Waals surface area contributed by atoms with Gasteiger partial charge in [-0.25, -0.2) is 22.2 Å². The number of anilines is 1. The second-order valence-corrected chi connectivity index (χ2v) is 9.42. The summed E-state index contributed by atoms with van der Waals surface area (Å²) in [5.74, 6) is -0.932. The Kier molecular flexibility index (Phi) is 6.21. The third-order valence-corrected chi connectivity index (χ3v) is 6.86. The molecule has 0 aliphatic heterocycles. The number of carbonyl (C=O) groups excluding carboxylic acids is 1. The second-order valence-electron chi connectivity index (χ2n) is 7.38. The summed E-state index contributed by atoms with van der Waals surface area (Å²) in [5, 5.41) is 2.67. The van der Waals surface area contributed by atoms with Gasteiger partial charge in [-0.05, 0) is 48.0 Å². The number of imidazole rings is 1. The number of benzene rings is 3. The van der Waals surface area contributed by atoms with E-state index in [-0.39, 0.29) is 17.0 Å². The first kappa shape index (κ1) is 22.6. The predicted molar refractivity (Wildman–Crippen MR) is 121 cm³/mol. The fraction of sp³-hybridized carbons (Fsp3) is 0.130. The summed E-state index contributed by atoms with van der Waals surface area (Å²) >= 11 is 0. The molecule has 33 heavy (non-hydrogen) atoms. The van der Waals surface area contributed by atoms with Gasteiger partial charge >= 0.3 is 0 Å². The molecule has 0 bridgehead atoms. The highest BCUT2D eigenvalue weighted by molar-refractivity contribution is 7.89. The average Bonchev–Trinajstić information content (AvgIpc) is 3.24. The molecule has 2 N–H and O–H groups in total. The Morgan fingerprint density at radius 1 is 1.06 bits per heavy atom. The van der Waals surface area contributed by atoms with Crippen molar-refractivity contribution in [3.05, 3.63) is 89.7 Å². The molecule has 4 aromatic rings. The van der Waals surface area contributed by atoms with Crippen molar-refractivity contribution in [2.45, 2.75) is 17.9 Å². The molecule has 0 atom stereocenters. The fourth-order valence-corrected chi connectivity index (χ4v) is 4.45. The van der Waals surface area contributed by atoms with Crippen molar-refractivity contribution in [3.63, 3.8) is 0 Å². The van der Waals surface area contributed by atoms with Gasteiger partial charge in [-0.3, -0.25) is 4.79 Å². The number of alkyl halides is 2. The lowest BCUT2D eigenvalue weighted by atomic mass is 10.2. The van der Waals surface area contributed by atoms with Crippen molar-refractivity contribution < 1.29 is 22.0 Å². The summed E-state index contributed by atoms with van der Waals surface area (Å²) in [5.41, 5.74) is 2.15. The number of fused-ring (bicyclic) bond motifs is 1. The van der Waals surface area contributed by atoms with Crippen LogP contribution in [0.1, 0.15) is 28.2 Å². The van der Waals surface area contributed by atoms with Crippen LogP contribution in [0, 0.1) is 0 Å². The van der Waals surface area contributed by atoms with E-state index in [1.54, 1.807) is 0 Å². The average molecular weight is 471 g/mol. The first-order valence-corrected chi connectivity index (χ1v) is 11.4. The highest BCUT2D eigenvalue weighted by Crippen LogP contribution is 2.22. The number of aromatic nitrogens is 2. The molecular formula is C23H20F2N4O3S. The van der Waals surface area contributed by atoms with Crippen molar-refractivity contribution >= 4 is 32.7 Å². The minimum absolute atomic E-state index is 0.0948. The zero-order valence-electron chi connectivity index (χ0n) is 17.5. The molecule has 0 spiro atoms. The molecule has 0 aliphatic carbocycles. The van der Waals surface area contributed by atoms with Gasteiger partial charge in [-0.15, -0.1) is 0 Å². The molecule has 0 saturated carbocycles. The van der Waals surface area contributed by atoms with Crippen LogP contribution in [0.4, 0.5) is 14.5 Å². The SMILES string of the molecule is CN(Cc1ccccc1)S(=O)(=O)c1ccc(NC(=O)c2ccc3nc(C(F)F)[nH]c3c2)cc1. The Balaban J connectivity index is 1.46. The van der Waals surface area contributed by atoms with Crippen LogP contribution in [-0.2, 0) is 16.6 Å². The van der Waals surface area contributed by atoms with Crippen LogP contribution in [0.15, 0.2) is 77.7 Å². The van der Waals surface area contributed by atoms with Gasteiger partial charge in [0.15, 0.2) is 5.82 Å². The lowest BCUT2D eigenvalue weighted by molar-refractivity contribution is 0.102. The Labute approximate surface area is 189 Å². The summed E-state index contributed by atoms with van der Waals surface area (Å²) in [6.45, 7) is 0.227. The third kappa shape index (κ3) is 4.91. The van der Waals surface area contributed by atoms with Gasteiger partial charge in [0.05, 0.1) is 15.9 Å². The predicted octanol–water partition coefficient (Wildman–Crippen LogP) is 4.57. The smallest absolute Gasteiger partial charge is 0.295 e. The number of hydrogen-bond acceptors (Lipinski definition) is 4. The standard InChI is InChI=1S/C23H20F2N4O3S/c1-29(14-15-5-3-2-4-6-15)33(31,32)18-10-8-17(9-11-18)26-23(30)16-7-12-19-20(13-16)28-22(27-19)21(24)25/h2-13,21H,14H2,1H3,(H,26,30)(H,27,28). The summed E-state index contributed by atoms with van der Waals surface area (Å²) in [6, 6.07) is 19.4. The summed E-state index contributed by atoms with van der Waals surface area (Å²) < 4.78 is 52.6. The van der Waals surface area contributed by atoms with Crippen molar-refractivity contribution in [1.82, 2.24) is 14.3 Å². The van der Waals surface area contributed by atoms with E-state index in [0.29, 0.717) is 16.7 Å². The summed E-state index contributed by atoms with van der Waals surface area (Å²) in [6.07, 6.45) is -2.74. The number of rotatable bonds is 7. The first-order chi connectivity index (χ1) is 15.7. The first-order valence-electron chi connectivity index (χ1n) is 9.93. The molecule has 0 unspecified atom stereocenters. The summed E-state index contributed by atoms with van der Waals surface area (Å²) in [4.78, 5) is 18.9. The molecule has 0 radical (unpaired) electrons. The zero-order valence-corrected chi connectivity index (χ0v) is 18.3. The van der Waals surface area contributed by atoms with Gasteiger partial charge < -0.3 is 10.3 Å². The molecule has 1 heterocycles. The van der Waals surface area contributed by atoms with Crippen LogP contribution in [0.5, 0.6) is 0 Å². The largest absolute Gasteiger partial charge is 0.337 e. The highest BCUT2D eigenvalue weighted by Gasteiger charge is 2.21. The lowest BCUT2D eigenvalue weighted by Crippen LogP contribution is -2.26. The number of H-pyrrole nitrogens is 1. The normalized spacial score (nSPS) is 11.9. The number of aromatic amines is 1. The molecular weight excluding hydrogens is 450 g/mol. The molecule has 170 valence electrons. The van der Waals surface area contributed by atoms with Crippen molar-refractivity contribution in [2.75, 3.05) is 12.4 Å². The van der Waals surface area contributed by atoms with Gasteiger partial charge in [-0.1, -0.05) is 30.3 Å². The van der Waals surface area contributed by atoms with Crippen molar-refractivity contribution in [2.24, 2.45) is 0 Å². The van der Waals surface area contributed by atoms with E-state index in [2.05, 4.69) is 15.3 Å². The van der Waals surface area contributed by atoms with Crippen molar-refractivity contribution in [3.8, 4) is 0 Å². The number of nitrogens with one attached hydrogen (secondary N) is 2. The zero-order chi connectivity index (χ0) is 23.6. The van der Waals surface area contributed by atoms with Crippen LogP contribution in [0.3, 0.4) is 0 Å². The molecule has 0 aliphatic rings. The van der Waals surface area contributed by atoms with Gasteiger partial charge in [0.2, 0.25) is 10.0 Å². The van der Waals surface area contributed by atoms with Crippen LogP contribution in [0.2, 0.25) is 0 Å². The molecule has 3 aromatic carbocycles. The van der Waals surface area contributed by atoms with E-state index in [0.717, 1.165) is 5.56 Å². The molecule has 1 amide bonds. The Bertz CT molecular complexity index is 1390. The topological polar surface area (TPSA) is 95.2 Å². The monoisotopic (exact) mass is 470 g/mol. The van der Waals surface area contributed by atoms with Crippen LogP contribution >= 0.6 is 0 Å². The minimum Gasteiger partial charge on any atom is -0.337 e. The Morgan fingerprint density at radius 2 is 1.76 bits per heavy atom. The maximum atomic E-state index is 12.8. The Morgan fingerprint density at radius 3 is 2.42 bits per heavy atom. The van der Waals surface area contributed by atoms with E-state index in [1.165, 1.54) is 53.8 Å². The van der Waals surface area contributed by atoms with Gasteiger partial charge in [0.25, 0.3) is 12.3 Å². The van der Waals surface area contributed by atoms with Crippen LogP contribution < -0.4 is 5.32 Å². The van der Waals surface area contributed by atoms with Crippen LogP contribution in [0.25, 0.3) is 11.0 Å². The molecule has 4 rings (SSSR count). The number of halogens is 2. The number of nitrogens with zero attached hydrogens (tertiary/aromatic N) is 2. The number of carbonyl (C=O) groups is 1. The van der Waals surface area contributed by atoms with Gasteiger partial charge in [-0.2, -0.15) is 4.31 Å². The fourth-order valence-electron chi connectivity index (χ4n) is 3.29. The Hall–Kier alpha value is -3.63. The minimum atomic E-state index is -3.72. The van der Waals surface area contributed by atoms with Crippen LogP contribution in [-0.4, -0.2) is 35.6 Å². The third-order valence-electron chi connectivity index (χ3n) is 5.04. The maximum Gasteiger partial charge on any atom is 0.295 e. The van der Waals surface area contributed by atoms with E-state index in [1.807, 2.05) is 30.3 Å².